The van der Waals surface area contributed by atoms with Crippen molar-refractivity contribution in [2.45, 2.75) is 72.8 Å². The van der Waals surface area contributed by atoms with Crippen LogP contribution in [0.15, 0.2) is 0 Å². The Bertz CT molecular complexity index is 225. The summed E-state index contributed by atoms with van der Waals surface area (Å²) in [6, 6.07) is 0. The van der Waals surface area contributed by atoms with Gasteiger partial charge < -0.3 is 5.11 Å². The van der Waals surface area contributed by atoms with Gasteiger partial charge in [-0.05, 0) is 48.9 Å². The van der Waals surface area contributed by atoms with Gasteiger partial charge >= 0.3 is 0 Å². The van der Waals surface area contributed by atoms with Crippen molar-refractivity contribution in [3.63, 3.8) is 0 Å². The molecule has 0 bridgehead atoms. The Morgan fingerprint density at radius 2 is 1.94 bits per heavy atom. The van der Waals surface area contributed by atoms with Crippen molar-refractivity contribution >= 4 is 0 Å². The summed E-state index contributed by atoms with van der Waals surface area (Å²) in [5, 5.41) is 10.2. The lowest BCUT2D eigenvalue weighted by atomic mass is 9.59. The lowest BCUT2D eigenvalue weighted by molar-refractivity contribution is -0.0316. The van der Waals surface area contributed by atoms with E-state index in [4.69, 9.17) is 0 Å². The van der Waals surface area contributed by atoms with Crippen LogP contribution in [0.3, 0.4) is 0 Å². The maximum absolute atomic E-state index is 10.2. The first kappa shape index (κ1) is 14.0. The first-order valence-corrected chi connectivity index (χ1v) is 6.77. The highest BCUT2D eigenvalue weighted by molar-refractivity contribution is 5.01. The van der Waals surface area contributed by atoms with E-state index in [0.29, 0.717) is 0 Å². The largest absolute Gasteiger partial charge is 0.393 e. The molecular weight excluding hydrogens is 196 g/mol. The summed E-state index contributed by atoms with van der Waals surface area (Å²) in [5.41, 5.74) is 0.256. The zero-order valence-electron chi connectivity index (χ0n) is 10.5. The molecule has 96 valence electrons. The second kappa shape index (κ2) is 5.08. The Labute approximate surface area is 102 Å². The summed E-state index contributed by atoms with van der Waals surface area (Å²) >= 11 is 0. The van der Waals surface area contributed by atoms with Gasteiger partial charge in [0, 0.05) is 0 Å². The zero-order valence-corrected chi connectivity index (χ0v) is 10.5. The molecule has 0 aliphatic heterocycles. The van der Waals surface area contributed by atoms with E-state index in [9.17, 15) is 5.11 Å². The van der Waals surface area contributed by atoms with Gasteiger partial charge in [-0.15, -0.1) is 0 Å². The molecule has 5 atom stereocenters. The smallest absolute Gasteiger partial charge is 0.0596 e. The van der Waals surface area contributed by atoms with Crippen LogP contribution < -0.4 is 0 Å². The van der Waals surface area contributed by atoms with Gasteiger partial charge in [0.05, 0.1) is 6.10 Å². The number of rotatable bonds is 2. The molecule has 0 saturated heterocycles. The minimum Gasteiger partial charge on any atom is -0.393 e. The van der Waals surface area contributed by atoms with E-state index in [2.05, 4.69) is 20.8 Å². The first-order chi connectivity index (χ1) is 7.09. The van der Waals surface area contributed by atoms with Crippen molar-refractivity contribution in [1.29, 1.82) is 0 Å². The van der Waals surface area contributed by atoms with E-state index in [1.807, 2.05) is 0 Å². The maximum atomic E-state index is 10.2. The molecule has 1 nitrogen and oxygen atoms in total. The van der Waals surface area contributed by atoms with Crippen molar-refractivity contribution in [2.24, 2.45) is 23.2 Å². The van der Waals surface area contributed by atoms with Crippen LogP contribution in [-0.4, -0.2) is 11.2 Å². The Morgan fingerprint density at radius 3 is 2.56 bits per heavy atom. The van der Waals surface area contributed by atoms with Crippen molar-refractivity contribution in [2.75, 3.05) is 0 Å². The van der Waals surface area contributed by atoms with E-state index in [-0.39, 0.29) is 18.9 Å². The molecule has 0 aromatic rings. The molecule has 2 saturated carbocycles. The highest BCUT2D eigenvalue weighted by Crippen LogP contribution is 2.56. The molecular formula is C15H30O. The molecule has 0 aromatic heterocycles. The van der Waals surface area contributed by atoms with E-state index >= 15 is 0 Å². The normalized spacial score (nSPS) is 47.2. The van der Waals surface area contributed by atoms with Crippen molar-refractivity contribution < 1.29 is 5.11 Å². The number of hydrogen-bond acceptors (Lipinski definition) is 1. The number of aliphatic hydroxyl groups excluding tert-OH is 1. The molecule has 2 aliphatic rings. The number of hydrogen-bond donors (Lipinski definition) is 1. The van der Waals surface area contributed by atoms with Crippen LogP contribution in [0, 0.1) is 23.2 Å². The Balaban J connectivity index is 0.00000128. The highest BCUT2D eigenvalue weighted by Gasteiger charge is 2.51. The SMILES string of the molecule is C.CCC[C@@H]1[C@@H](C)CC[C@]2(C)C(O)CC[C@@H]12. The third-order valence-corrected chi connectivity index (χ3v) is 5.37. The summed E-state index contributed by atoms with van der Waals surface area (Å²) in [6.07, 6.45) is 7.55. The summed E-state index contributed by atoms with van der Waals surface area (Å²) < 4.78 is 0. The van der Waals surface area contributed by atoms with Gasteiger partial charge in [-0.3, -0.25) is 0 Å². The monoisotopic (exact) mass is 226 g/mol. The molecule has 0 radical (unpaired) electrons. The predicted molar refractivity (Wildman–Crippen MR) is 70.4 cm³/mol. The third-order valence-electron chi connectivity index (χ3n) is 5.37. The molecule has 0 spiro atoms. The van der Waals surface area contributed by atoms with Crippen LogP contribution >= 0.6 is 0 Å². The average Bonchev–Trinajstić information content (AvgIpc) is 2.50. The number of fused-ring (bicyclic) bond motifs is 1. The van der Waals surface area contributed by atoms with Gasteiger partial charge in [0.2, 0.25) is 0 Å². The van der Waals surface area contributed by atoms with Crippen LogP contribution in [0.2, 0.25) is 0 Å². The second-order valence-electron chi connectivity index (χ2n) is 6.17. The minimum atomic E-state index is -0.0191. The highest BCUT2D eigenvalue weighted by atomic mass is 16.3. The molecule has 0 heterocycles. The van der Waals surface area contributed by atoms with E-state index in [1.165, 1.54) is 32.1 Å². The van der Waals surface area contributed by atoms with Crippen LogP contribution in [0.25, 0.3) is 0 Å². The quantitative estimate of drug-likeness (QED) is 0.746. The van der Waals surface area contributed by atoms with Crippen LogP contribution in [0.4, 0.5) is 0 Å². The summed E-state index contributed by atoms with van der Waals surface area (Å²) in [4.78, 5) is 0. The fourth-order valence-electron chi connectivity index (χ4n) is 4.27. The Kier molecular flexibility index (Phi) is 4.45. The van der Waals surface area contributed by atoms with E-state index in [0.717, 1.165) is 24.2 Å². The van der Waals surface area contributed by atoms with Gasteiger partial charge in [0.25, 0.3) is 0 Å². The van der Waals surface area contributed by atoms with E-state index < -0.39 is 0 Å². The van der Waals surface area contributed by atoms with Crippen LogP contribution in [0.1, 0.15) is 66.7 Å². The molecule has 2 rings (SSSR count). The molecule has 1 heteroatoms. The molecule has 2 aliphatic carbocycles. The first-order valence-electron chi connectivity index (χ1n) is 6.77. The topological polar surface area (TPSA) is 20.2 Å². The fourth-order valence-corrected chi connectivity index (χ4v) is 4.27. The van der Waals surface area contributed by atoms with Crippen molar-refractivity contribution in [1.82, 2.24) is 0 Å². The van der Waals surface area contributed by atoms with Gasteiger partial charge in [-0.1, -0.05) is 41.0 Å². The van der Waals surface area contributed by atoms with Crippen LogP contribution in [0.5, 0.6) is 0 Å². The second-order valence-corrected chi connectivity index (χ2v) is 6.17. The van der Waals surface area contributed by atoms with Crippen molar-refractivity contribution in [3.8, 4) is 0 Å². The molecule has 0 aromatic carbocycles. The summed E-state index contributed by atoms with van der Waals surface area (Å²) in [7, 11) is 0. The van der Waals surface area contributed by atoms with E-state index in [1.54, 1.807) is 0 Å². The fraction of sp³-hybridized carbons (Fsp3) is 1.00. The lowest BCUT2D eigenvalue weighted by Crippen LogP contribution is -2.42. The van der Waals surface area contributed by atoms with Gasteiger partial charge in [-0.2, -0.15) is 0 Å². The van der Waals surface area contributed by atoms with Gasteiger partial charge in [0.15, 0.2) is 0 Å². The Hall–Kier alpha value is -0.0400. The Morgan fingerprint density at radius 1 is 1.25 bits per heavy atom. The van der Waals surface area contributed by atoms with Gasteiger partial charge in [-0.25, -0.2) is 0 Å². The summed E-state index contributed by atoms with van der Waals surface area (Å²) in [5.74, 6) is 2.57. The molecule has 1 N–H and O–H groups in total. The lowest BCUT2D eigenvalue weighted by Gasteiger charge is -2.47. The molecule has 0 amide bonds. The predicted octanol–water partition coefficient (Wildman–Crippen LogP) is 4.25. The zero-order chi connectivity index (χ0) is 11.1. The minimum absolute atomic E-state index is 0. The van der Waals surface area contributed by atoms with Crippen molar-refractivity contribution in [3.05, 3.63) is 0 Å². The molecule has 16 heavy (non-hydrogen) atoms. The van der Waals surface area contributed by atoms with Gasteiger partial charge in [0.1, 0.15) is 0 Å². The summed E-state index contributed by atoms with van der Waals surface area (Å²) in [6.45, 7) is 7.05. The molecule has 1 unspecified atom stereocenters. The van der Waals surface area contributed by atoms with Crippen LogP contribution in [-0.2, 0) is 0 Å². The third kappa shape index (κ3) is 2.03. The maximum Gasteiger partial charge on any atom is 0.0596 e. The standard InChI is InChI=1S/C14H26O.CH4/c1-4-5-11-10(2)8-9-14(3)12(11)6-7-13(14)15;/h10-13,15H,4-9H2,1-3H3;1H4/t10-,11+,12-,13?,14-;/m0./s1. The average molecular weight is 226 g/mol. The number of aliphatic hydroxyl groups is 1. The molecule has 2 fully saturated rings.